The summed E-state index contributed by atoms with van der Waals surface area (Å²) >= 11 is 0. The van der Waals surface area contributed by atoms with Crippen LogP contribution in [0.4, 0.5) is 0 Å². The standard InChI is InChI=1S/C8H12O3/c1-3-4-5-8(6-9)11-7(2)10/h4-6,8H,3H2,1-2H3/b5-4-. The molecule has 0 radical (unpaired) electrons. The van der Waals surface area contributed by atoms with E-state index in [-0.39, 0.29) is 0 Å². The first-order valence-electron chi connectivity index (χ1n) is 3.50. The van der Waals surface area contributed by atoms with Crippen molar-refractivity contribution >= 4 is 12.3 Å². The molecule has 0 bridgehead atoms. The normalized spacial score (nSPS) is 12.9. The van der Waals surface area contributed by atoms with Crippen LogP contribution in [-0.2, 0) is 14.3 Å². The molecule has 62 valence electrons. The van der Waals surface area contributed by atoms with E-state index < -0.39 is 12.1 Å². The Kier molecular flexibility index (Phi) is 5.07. The number of rotatable bonds is 4. The number of hydrogen-bond donors (Lipinski definition) is 0. The lowest BCUT2D eigenvalue weighted by molar-refractivity contribution is -0.146. The molecular formula is C8H12O3. The predicted octanol–water partition coefficient (Wildman–Crippen LogP) is 1.08. The van der Waals surface area contributed by atoms with Crippen LogP contribution in [0.5, 0.6) is 0 Å². The van der Waals surface area contributed by atoms with Gasteiger partial charge in [-0.3, -0.25) is 9.59 Å². The number of carbonyl (C=O) groups excluding carboxylic acids is 2. The quantitative estimate of drug-likeness (QED) is 0.347. The Morgan fingerprint density at radius 2 is 2.27 bits per heavy atom. The third-order valence-corrected chi connectivity index (χ3v) is 0.998. The molecule has 1 atom stereocenters. The summed E-state index contributed by atoms with van der Waals surface area (Å²) in [7, 11) is 0. The van der Waals surface area contributed by atoms with E-state index in [4.69, 9.17) is 0 Å². The zero-order valence-corrected chi connectivity index (χ0v) is 6.74. The van der Waals surface area contributed by atoms with Crippen LogP contribution in [0.2, 0.25) is 0 Å². The maximum Gasteiger partial charge on any atom is 0.303 e. The summed E-state index contributed by atoms with van der Waals surface area (Å²) in [4.78, 5) is 20.6. The average Bonchev–Trinajstić information content (AvgIpc) is 1.97. The molecule has 0 aromatic heterocycles. The van der Waals surface area contributed by atoms with Crippen LogP contribution in [0, 0.1) is 0 Å². The third-order valence-electron chi connectivity index (χ3n) is 0.998. The molecule has 0 aliphatic heterocycles. The highest BCUT2D eigenvalue weighted by Gasteiger charge is 2.03. The van der Waals surface area contributed by atoms with Gasteiger partial charge in [0.15, 0.2) is 12.4 Å². The summed E-state index contributed by atoms with van der Waals surface area (Å²) in [5.41, 5.74) is 0. The molecule has 0 aliphatic carbocycles. The summed E-state index contributed by atoms with van der Waals surface area (Å²) in [6, 6.07) is 0. The minimum atomic E-state index is -0.715. The molecule has 11 heavy (non-hydrogen) atoms. The Labute approximate surface area is 66.0 Å². The van der Waals surface area contributed by atoms with E-state index in [0.29, 0.717) is 6.29 Å². The molecule has 0 amide bonds. The maximum absolute atomic E-state index is 10.4. The van der Waals surface area contributed by atoms with E-state index in [2.05, 4.69) is 4.74 Å². The highest BCUT2D eigenvalue weighted by molar-refractivity contribution is 5.71. The number of aldehydes is 1. The molecule has 3 nitrogen and oxygen atoms in total. The van der Waals surface area contributed by atoms with Crippen molar-refractivity contribution in [2.24, 2.45) is 0 Å². The minimum absolute atomic E-state index is 0.442. The number of ether oxygens (including phenoxy) is 1. The summed E-state index contributed by atoms with van der Waals surface area (Å²) in [6.45, 7) is 3.21. The zero-order chi connectivity index (χ0) is 8.69. The molecule has 0 aromatic carbocycles. The van der Waals surface area contributed by atoms with E-state index in [1.54, 1.807) is 12.2 Å². The Morgan fingerprint density at radius 3 is 2.64 bits per heavy atom. The topological polar surface area (TPSA) is 43.4 Å². The van der Waals surface area contributed by atoms with Crippen molar-refractivity contribution in [3.8, 4) is 0 Å². The highest BCUT2D eigenvalue weighted by atomic mass is 16.5. The Morgan fingerprint density at radius 1 is 1.64 bits per heavy atom. The first-order valence-corrected chi connectivity index (χ1v) is 3.50. The van der Waals surface area contributed by atoms with Gasteiger partial charge in [-0.1, -0.05) is 13.0 Å². The molecule has 3 heteroatoms. The minimum Gasteiger partial charge on any atom is -0.451 e. The average molecular weight is 156 g/mol. The number of hydrogen-bond acceptors (Lipinski definition) is 3. The third kappa shape index (κ3) is 5.33. The number of carbonyl (C=O) groups is 2. The van der Waals surface area contributed by atoms with Gasteiger partial charge in [0.2, 0.25) is 0 Å². The van der Waals surface area contributed by atoms with Gasteiger partial charge in [-0.15, -0.1) is 0 Å². The first-order chi connectivity index (χ1) is 5.20. The van der Waals surface area contributed by atoms with Crippen LogP contribution >= 0.6 is 0 Å². The van der Waals surface area contributed by atoms with Gasteiger partial charge in [0.1, 0.15) is 0 Å². The van der Waals surface area contributed by atoms with E-state index in [9.17, 15) is 9.59 Å². The lowest BCUT2D eigenvalue weighted by atomic mass is 10.3. The van der Waals surface area contributed by atoms with Crippen LogP contribution in [-0.4, -0.2) is 18.4 Å². The molecule has 0 heterocycles. The fraction of sp³-hybridized carbons (Fsp3) is 0.500. The van der Waals surface area contributed by atoms with Gasteiger partial charge >= 0.3 is 5.97 Å². The van der Waals surface area contributed by atoms with E-state index in [1.165, 1.54) is 6.92 Å². The number of esters is 1. The fourth-order valence-corrected chi connectivity index (χ4v) is 0.574. The van der Waals surface area contributed by atoms with Crippen molar-refractivity contribution in [3.05, 3.63) is 12.2 Å². The molecule has 0 aromatic rings. The van der Waals surface area contributed by atoms with E-state index in [0.717, 1.165) is 6.42 Å². The van der Waals surface area contributed by atoms with Crippen LogP contribution in [0.15, 0.2) is 12.2 Å². The van der Waals surface area contributed by atoms with Crippen LogP contribution in [0.1, 0.15) is 20.3 Å². The van der Waals surface area contributed by atoms with Gasteiger partial charge in [0.05, 0.1) is 0 Å². The summed E-state index contributed by atoms with van der Waals surface area (Å²) in [5.74, 6) is -0.442. The van der Waals surface area contributed by atoms with Gasteiger partial charge in [-0.2, -0.15) is 0 Å². The highest BCUT2D eigenvalue weighted by Crippen LogP contribution is 1.92. The molecule has 0 aliphatic rings. The predicted molar refractivity (Wildman–Crippen MR) is 41.0 cm³/mol. The molecular weight excluding hydrogens is 144 g/mol. The second kappa shape index (κ2) is 5.65. The largest absolute Gasteiger partial charge is 0.451 e. The summed E-state index contributed by atoms with van der Waals surface area (Å²) in [6.07, 6.45) is 4.04. The van der Waals surface area contributed by atoms with Gasteiger partial charge in [0, 0.05) is 6.92 Å². The first kappa shape index (κ1) is 9.88. The van der Waals surface area contributed by atoms with Gasteiger partial charge in [-0.25, -0.2) is 0 Å². The Balaban J connectivity index is 3.85. The van der Waals surface area contributed by atoms with Crippen molar-refractivity contribution in [2.45, 2.75) is 26.4 Å². The van der Waals surface area contributed by atoms with Crippen molar-refractivity contribution in [3.63, 3.8) is 0 Å². The molecule has 1 unspecified atom stereocenters. The summed E-state index contributed by atoms with van der Waals surface area (Å²) in [5, 5.41) is 0. The van der Waals surface area contributed by atoms with Gasteiger partial charge in [-0.05, 0) is 12.5 Å². The lowest BCUT2D eigenvalue weighted by Gasteiger charge is -2.03. The molecule has 0 saturated heterocycles. The van der Waals surface area contributed by atoms with Crippen LogP contribution in [0.3, 0.4) is 0 Å². The second-order valence-electron chi connectivity index (χ2n) is 2.05. The Bertz CT molecular complexity index is 161. The van der Waals surface area contributed by atoms with Crippen molar-refractivity contribution < 1.29 is 14.3 Å². The second-order valence-corrected chi connectivity index (χ2v) is 2.05. The monoisotopic (exact) mass is 156 g/mol. The van der Waals surface area contributed by atoms with Gasteiger partial charge < -0.3 is 4.74 Å². The molecule has 0 saturated carbocycles. The van der Waals surface area contributed by atoms with E-state index >= 15 is 0 Å². The number of allylic oxidation sites excluding steroid dienone is 1. The summed E-state index contributed by atoms with van der Waals surface area (Å²) < 4.78 is 4.61. The van der Waals surface area contributed by atoms with Crippen LogP contribution < -0.4 is 0 Å². The molecule has 0 fully saturated rings. The van der Waals surface area contributed by atoms with Crippen molar-refractivity contribution in [1.29, 1.82) is 0 Å². The molecule has 0 spiro atoms. The zero-order valence-electron chi connectivity index (χ0n) is 6.74. The lowest BCUT2D eigenvalue weighted by Crippen LogP contribution is -2.14. The smallest absolute Gasteiger partial charge is 0.303 e. The molecule has 0 rings (SSSR count). The fourth-order valence-electron chi connectivity index (χ4n) is 0.574. The van der Waals surface area contributed by atoms with Crippen molar-refractivity contribution in [2.75, 3.05) is 0 Å². The SMILES string of the molecule is CC/C=C\C(C=O)OC(C)=O. The molecule has 0 N–H and O–H groups in total. The van der Waals surface area contributed by atoms with E-state index in [1.807, 2.05) is 6.92 Å². The van der Waals surface area contributed by atoms with Crippen molar-refractivity contribution in [1.82, 2.24) is 0 Å². The maximum atomic E-state index is 10.4. The van der Waals surface area contributed by atoms with Gasteiger partial charge in [0.25, 0.3) is 0 Å². The Hall–Kier alpha value is -1.12. The van der Waals surface area contributed by atoms with Crippen LogP contribution in [0.25, 0.3) is 0 Å².